The van der Waals surface area contributed by atoms with Crippen LogP contribution in [0.4, 0.5) is 0 Å². The van der Waals surface area contributed by atoms with Gasteiger partial charge in [-0.15, -0.1) is 11.3 Å². The van der Waals surface area contributed by atoms with Crippen LogP contribution in [0.15, 0.2) is 28.2 Å². The maximum absolute atomic E-state index is 5.59. The van der Waals surface area contributed by atoms with Crippen LogP contribution >= 0.6 is 27.3 Å². The van der Waals surface area contributed by atoms with Gasteiger partial charge in [0.2, 0.25) is 0 Å². The predicted octanol–water partition coefficient (Wildman–Crippen LogP) is 3.65. The first-order valence-electron chi connectivity index (χ1n) is 6.83. The number of hydrogen-bond donors (Lipinski definition) is 1. The van der Waals surface area contributed by atoms with Gasteiger partial charge in [-0.25, -0.2) is 4.98 Å². The Morgan fingerprint density at radius 3 is 2.90 bits per heavy atom. The Balaban J connectivity index is 1.92. The summed E-state index contributed by atoms with van der Waals surface area (Å²) < 4.78 is 11.9. The Bertz CT molecular complexity index is 561. The van der Waals surface area contributed by atoms with Gasteiger partial charge in [-0.2, -0.15) is 0 Å². The molecule has 1 aromatic heterocycles. The normalized spacial score (nSPS) is 10.6. The lowest BCUT2D eigenvalue weighted by Crippen LogP contribution is -2.16. The molecule has 0 fully saturated rings. The molecule has 0 bridgehead atoms. The number of thiazole rings is 1. The van der Waals surface area contributed by atoms with Gasteiger partial charge in [0.25, 0.3) is 0 Å². The first kappa shape index (κ1) is 16.3. The van der Waals surface area contributed by atoms with Crippen LogP contribution in [0.25, 0.3) is 0 Å². The zero-order chi connectivity index (χ0) is 15.1. The van der Waals surface area contributed by atoms with Gasteiger partial charge in [0, 0.05) is 31.1 Å². The molecule has 0 aliphatic heterocycles. The lowest BCUT2D eigenvalue weighted by molar-refractivity contribution is 0.308. The van der Waals surface area contributed by atoms with E-state index < -0.39 is 0 Å². The molecule has 2 aromatic rings. The average molecular weight is 371 g/mol. The summed E-state index contributed by atoms with van der Waals surface area (Å²) in [5.41, 5.74) is 1.15. The van der Waals surface area contributed by atoms with Crippen molar-refractivity contribution >= 4 is 27.3 Å². The van der Waals surface area contributed by atoms with Crippen molar-refractivity contribution in [3.8, 4) is 11.5 Å². The molecule has 0 radical (unpaired) electrons. The number of halogens is 1. The van der Waals surface area contributed by atoms with E-state index in [-0.39, 0.29) is 0 Å². The Morgan fingerprint density at radius 1 is 1.38 bits per heavy atom. The van der Waals surface area contributed by atoms with E-state index in [1.165, 1.54) is 0 Å². The molecule has 0 saturated heterocycles. The lowest BCUT2D eigenvalue weighted by atomic mass is 10.2. The molecule has 114 valence electrons. The molecule has 4 nitrogen and oxygen atoms in total. The zero-order valence-electron chi connectivity index (χ0n) is 12.2. The van der Waals surface area contributed by atoms with Crippen LogP contribution in [-0.2, 0) is 13.0 Å². The Hall–Kier alpha value is -1.11. The summed E-state index contributed by atoms with van der Waals surface area (Å²) in [5.74, 6) is 1.51. The summed E-state index contributed by atoms with van der Waals surface area (Å²) >= 11 is 5.23. The molecule has 0 atom stereocenters. The molecular formula is C15H19BrN2O2S. The van der Waals surface area contributed by atoms with Crippen LogP contribution in [0.2, 0.25) is 0 Å². The Labute approximate surface area is 137 Å². The highest BCUT2D eigenvalue weighted by molar-refractivity contribution is 9.10. The summed E-state index contributed by atoms with van der Waals surface area (Å²) in [6, 6.07) is 4.07. The van der Waals surface area contributed by atoms with Crippen molar-refractivity contribution < 1.29 is 9.47 Å². The quantitative estimate of drug-likeness (QED) is 0.720. The van der Waals surface area contributed by atoms with Crippen molar-refractivity contribution in [2.45, 2.75) is 19.9 Å². The summed E-state index contributed by atoms with van der Waals surface area (Å²) in [6.07, 6.45) is 2.79. The predicted molar refractivity (Wildman–Crippen MR) is 89.4 cm³/mol. The van der Waals surface area contributed by atoms with Crippen LogP contribution in [-0.4, -0.2) is 25.2 Å². The van der Waals surface area contributed by atoms with E-state index in [1.54, 1.807) is 18.4 Å². The van der Waals surface area contributed by atoms with Gasteiger partial charge in [0.1, 0.15) is 0 Å². The fourth-order valence-corrected chi connectivity index (χ4v) is 3.19. The summed E-state index contributed by atoms with van der Waals surface area (Å²) in [4.78, 5) is 4.27. The summed E-state index contributed by atoms with van der Waals surface area (Å²) in [7, 11) is 1.66. The maximum atomic E-state index is 5.59. The number of benzene rings is 1. The molecule has 1 heterocycles. The van der Waals surface area contributed by atoms with E-state index in [0.29, 0.717) is 6.61 Å². The third kappa shape index (κ3) is 4.69. The molecule has 1 N–H and O–H groups in total. The fraction of sp³-hybridized carbons (Fsp3) is 0.400. The second-order valence-corrected chi connectivity index (χ2v) is 6.23. The molecule has 0 unspecified atom stereocenters. The van der Waals surface area contributed by atoms with Crippen molar-refractivity contribution in [3.63, 3.8) is 0 Å². The van der Waals surface area contributed by atoms with Crippen molar-refractivity contribution in [2.24, 2.45) is 0 Å². The number of nitrogens with one attached hydrogen (secondary N) is 1. The van der Waals surface area contributed by atoms with E-state index in [4.69, 9.17) is 9.47 Å². The topological polar surface area (TPSA) is 43.4 Å². The minimum absolute atomic E-state index is 0.611. The molecule has 1 aromatic carbocycles. The Kier molecular flexibility index (Phi) is 6.48. The maximum Gasteiger partial charge on any atom is 0.175 e. The van der Waals surface area contributed by atoms with Gasteiger partial charge >= 0.3 is 0 Å². The number of aromatic nitrogens is 1. The molecule has 0 aliphatic rings. The van der Waals surface area contributed by atoms with Gasteiger partial charge in [-0.1, -0.05) is 0 Å². The van der Waals surface area contributed by atoms with Crippen LogP contribution < -0.4 is 14.8 Å². The standard InChI is InChI=1S/C15H19BrN2O2S/c1-3-20-15-12(16)8-11(9-13(15)19-2)10-17-5-4-14-18-6-7-21-14/h6-9,17H,3-5,10H2,1-2H3. The summed E-state index contributed by atoms with van der Waals surface area (Å²) in [6.45, 7) is 4.26. The highest BCUT2D eigenvalue weighted by Gasteiger charge is 2.11. The number of nitrogens with zero attached hydrogens (tertiary/aromatic N) is 1. The van der Waals surface area contributed by atoms with Crippen molar-refractivity contribution in [2.75, 3.05) is 20.3 Å². The van der Waals surface area contributed by atoms with Crippen LogP contribution in [0.5, 0.6) is 11.5 Å². The number of ether oxygens (including phenoxy) is 2. The van der Waals surface area contributed by atoms with Gasteiger partial charge in [0.05, 0.1) is 23.2 Å². The third-order valence-corrected chi connectivity index (χ3v) is 4.33. The number of hydrogen-bond acceptors (Lipinski definition) is 5. The first-order valence-corrected chi connectivity index (χ1v) is 8.50. The molecule has 0 aliphatic carbocycles. The second kappa shape index (κ2) is 8.36. The molecule has 0 spiro atoms. The van der Waals surface area contributed by atoms with Crippen molar-refractivity contribution in [1.82, 2.24) is 10.3 Å². The summed E-state index contributed by atoms with van der Waals surface area (Å²) in [5, 5.41) is 6.58. The minimum atomic E-state index is 0.611. The van der Waals surface area contributed by atoms with Crippen molar-refractivity contribution in [1.29, 1.82) is 0 Å². The third-order valence-electron chi connectivity index (χ3n) is 2.91. The molecule has 21 heavy (non-hydrogen) atoms. The SMILES string of the molecule is CCOc1c(Br)cc(CNCCc2nccs2)cc1OC. The molecule has 6 heteroatoms. The number of methoxy groups -OCH3 is 1. The van der Waals surface area contributed by atoms with Crippen LogP contribution in [0, 0.1) is 0 Å². The monoisotopic (exact) mass is 370 g/mol. The molecule has 0 amide bonds. The smallest absolute Gasteiger partial charge is 0.175 e. The largest absolute Gasteiger partial charge is 0.493 e. The Morgan fingerprint density at radius 2 is 2.24 bits per heavy atom. The first-order chi connectivity index (χ1) is 10.2. The van der Waals surface area contributed by atoms with E-state index in [0.717, 1.165) is 46.1 Å². The molecular weight excluding hydrogens is 352 g/mol. The minimum Gasteiger partial charge on any atom is -0.493 e. The van der Waals surface area contributed by atoms with Gasteiger partial charge < -0.3 is 14.8 Å². The van der Waals surface area contributed by atoms with Crippen LogP contribution in [0.1, 0.15) is 17.5 Å². The van der Waals surface area contributed by atoms with Gasteiger partial charge in [-0.3, -0.25) is 0 Å². The zero-order valence-corrected chi connectivity index (χ0v) is 14.6. The fourth-order valence-electron chi connectivity index (χ4n) is 1.96. The second-order valence-electron chi connectivity index (χ2n) is 4.39. The van der Waals surface area contributed by atoms with Gasteiger partial charge in [-0.05, 0) is 40.5 Å². The van der Waals surface area contributed by atoms with E-state index in [9.17, 15) is 0 Å². The van der Waals surface area contributed by atoms with E-state index in [1.807, 2.05) is 24.6 Å². The van der Waals surface area contributed by atoms with Gasteiger partial charge in [0.15, 0.2) is 11.5 Å². The highest BCUT2D eigenvalue weighted by Crippen LogP contribution is 2.36. The van der Waals surface area contributed by atoms with Crippen LogP contribution in [0.3, 0.4) is 0 Å². The lowest BCUT2D eigenvalue weighted by Gasteiger charge is -2.13. The number of rotatable bonds is 8. The molecule has 2 rings (SSSR count). The average Bonchev–Trinajstić information content (AvgIpc) is 2.99. The highest BCUT2D eigenvalue weighted by atomic mass is 79.9. The van der Waals surface area contributed by atoms with E-state index >= 15 is 0 Å². The van der Waals surface area contributed by atoms with Crippen molar-refractivity contribution in [3.05, 3.63) is 38.8 Å². The molecule has 0 saturated carbocycles. The van der Waals surface area contributed by atoms with E-state index in [2.05, 4.69) is 32.3 Å².